The maximum atomic E-state index is 12.3. The van der Waals surface area contributed by atoms with E-state index in [2.05, 4.69) is 10.3 Å². The van der Waals surface area contributed by atoms with Crippen molar-refractivity contribution in [2.24, 2.45) is 0 Å². The maximum Gasteiger partial charge on any atom is 0.247 e. The highest BCUT2D eigenvalue weighted by atomic mass is 16.2. The average molecular weight is 283 g/mol. The van der Waals surface area contributed by atoms with Gasteiger partial charge in [-0.2, -0.15) is 0 Å². The van der Waals surface area contributed by atoms with Gasteiger partial charge in [0.1, 0.15) is 6.04 Å². The van der Waals surface area contributed by atoms with Crippen molar-refractivity contribution >= 4 is 28.4 Å². The number of carbonyl (C=O) groups is 2. The number of aromatic nitrogens is 1. The van der Waals surface area contributed by atoms with Crippen molar-refractivity contribution < 1.29 is 9.59 Å². The molecule has 2 aromatic rings. The molecule has 1 N–H and O–H groups in total. The molecule has 3 rings (SSSR count). The standard InChI is InChI=1S/C16H17N3O2/c1-11(20)19-8-4-7-15(19)16(21)18-13-9-12-5-2-3-6-14(12)17-10-13/h2-3,5-6,9-10,15H,4,7-8H2,1H3,(H,18,21). The first-order valence-electron chi connectivity index (χ1n) is 7.08. The molecule has 1 aromatic carbocycles. The largest absolute Gasteiger partial charge is 0.331 e. The fraction of sp³-hybridized carbons (Fsp3) is 0.312. The summed E-state index contributed by atoms with van der Waals surface area (Å²) in [6, 6.07) is 9.27. The zero-order valence-electron chi connectivity index (χ0n) is 11.9. The summed E-state index contributed by atoms with van der Waals surface area (Å²) >= 11 is 0. The molecule has 2 amide bonds. The lowest BCUT2D eigenvalue weighted by atomic mass is 10.2. The van der Waals surface area contributed by atoms with Gasteiger partial charge in [-0.25, -0.2) is 0 Å². The van der Waals surface area contributed by atoms with E-state index in [1.807, 2.05) is 30.3 Å². The molecule has 21 heavy (non-hydrogen) atoms. The molecule has 1 unspecified atom stereocenters. The summed E-state index contributed by atoms with van der Waals surface area (Å²) in [4.78, 5) is 29.8. The van der Waals surface area contributed by atoms with E-state index in [0.29, 0.717) is 18.7 Å². The van der Waals surface area contributed by atoms with Crippen LogP contribution in [-0.4, -0.2) is 34.3 Å². The molecule has 1 aromatic heterocycles. The molecule has 5 nitrogen and oxygen atoms in total. The molecule has 5 heteroatoms. The van der Waals surface area contributed by atoms with Crippen molar-refractivity contribution in [1.82, 2.24) is 9.88 Å². The molecule has 2 heterocycles. The fourth-order valence-electron chi connectivity index (χ4n) is 2.78. The van der Waals surface area contributed by atoms with Gasteiger partial charge >= 0.3 is 0 Å². The molecule has 0 aliphatic carbocycles. The number of likely N-dealkylation sites (tertiary alicyclic amines) is 1. The van der Waals surface area contributed by atoms with Crippen LogP contribution in [0.1, 0.15) is 19.8 Å². The van der Waals surface area contributed by atoms with Crippen molar-refractivity contribution in [3.63, 3.8) is 0 Å². The van der Waals surface area contributed by atoms with E-state index in [9.17, 15) is 9.59 Å². The van der Waals surface area contributed by atoms with E-state index in [1.54, 1.807) is 11.1 Å². The Morgan fingerprint density at radius 3 is 2.95 bits per heavy atom. The predicted molar refractivity (Wildman–Crippen MR) is 80.8 cm³/mol. The highest BCUT2D eigenvalue weighted by molar-refractivity contribution is 5.98. The van der Waals surface area contributed by atoms with Crippen LogP contribution in [0.4, 0.5) is 5.69 Å². The summed E-state index contributed by atoms with van der Waals surface area (Å²) in [5.41, 5.74) is 1.55. The van der Waals surface area contributed by atoms with Crippen LogP contribution in [0.5, 0.6) is 0 Å². The first-order chi connectivity index (χ1) is 10.1. The van der Waals surface area contributed by atoms with E-state index in [-0.39, 0.29) is 17.9 Å². The molecule has 0 saturated carbocycles. The van der Waals surface area contributed by atoms with Gasteiger partial charge < -0.3 is 10.2 Å². The van der Waals surface area contributed by atoms with Gasteiger partial charge in [0.05, 0.1) is 17.4 Å². The number of carbonyl (C=O) groups excluding carboxylic acids is 2. The fourth-order valence-corrected chi connectivity index (χ4v) is 2.78. The van der Waals surface area contributed by atoms with Crippen molar-refractivity contribution in [3.8, 4) is 0 Å². The van der Waals surface area contributed by atoms with Gasteiger partial charge in [-0.1, -0.05) is 18.2 Å². The topological polar surface area (TPSA) is 62.3 Å². The lowest BCUT2D eigenvalue weighted by Crippen LogP contribution is -2.42. The number of anilines is 1. The normalized spacial score (nSPS) is 18.0. The molecule has 1 aliphatic rings. The van der Waals surface area contributed by atoms with Gasteiger partial charge in [0.15, 0.2) is 0 Å². The third-order valence-electron chi connectivity index (χ3n) is 3.82. The number of para-hydroxylation sites is 1. The van der Waals surface area contributed by atoms with Crippen LogP contribution in [0.15, 0.2) is 36.5 Å². The van der Waals surface area contributed by atoms with Crippen LogP contribution in [0, 0.1) is 0 Å². The van der Waals surface area contributed by atoms with Gasteiger partial charge in [0.25, 0.3) is 0 Å². The molecule has 0 radical (unpaired) electrons. The second-order valence-electron chi connectivity index (χ2n) is 5.28. The summed E-state index contributed by atoms with van der Waals surface area (Å²) in [6.07, 6.45) is 3.23. The minimum atomic E-state index is -0.367. The van der Waals surface area contributed by atoms with Gasteiger partial charge in [0, 0.05) is 18.9 Å². The van der Waals surface area contributed by atoms with Crippen molar-refractivity contribution in [3.05, 3.63) is 36.5 Å². The van der Waals surface area contributed by atoms with E-state index in [1.165, 1.54) is 6.92 Å². The molecule has 0 spiro atoms. The molecule has 1 saturated heterocycles. The second kappa shape index (κ2) is 5.52. The van der Waals surface area contributed by atoms with Gasteiger partial charge in [0.2, 0.25) is 11.8 Å². The quantitative estimate of drug-likeness (QED) is 0.919. The molecular formula is C16H17N3O2. The third kappa shape index (κ3) is 2.72. The number of nitrogens with zero attached hydrogens (tertiary/aromatic N) is 2. The number of pyridine rings is 1. The Balaban J connectivity index is 1.78. The summed E-state index contributed by atoms with van der Waals surface area (Å²) in [6.45, 7) is 2.16. The molecule has 1 fully saturated rings. The van der Waals surface area contributed by atoms with Crippen molar-refractivity contribution in [1.29, 1.82) is 0 Å². The SMILES string of the molecule is CC(=O)N1CCCC1C(=O)Nc1cnc2ccccc2c1. The van der Waals surface area contributed by atoms with E-state index in [4.69, 9.17) is 0 Å². The second-order valence-corrected chi connectivity index (χ2v) is 5.28. The number of fused-ring (bicyclic) bond motifs is 1. The van der Waals surface area contributed by atoms with E-state index in [0.717, 1.165) is 17.3 Å². The van der Waals surface area contributed by atoms with Crippen LogP contribution in [0.25, 0.3) is 10.9 Å². The van der Waals surface area contributed by atoms with Crippen LogP contribution in [-0.2, 0) is 9.59 Å². The Kier molecular flexibility index (Phi) is 3.56. The summed E-state index contributed by atoms with van der Waals surface area (Å²) in [5, 5.41) is 3.84. The predicted octanol–water partition coefficient (Wildman–Crippen LogP) is 2.18. The zero-order chi connectivity index (χ0) is 14.8. The minimum Gasteiger partial charge on any atom is -0.331 e. The monoisotopic (exact) mass is 283 g/mol. The Labute approximate surface area is 123 Å². The Hall–Kier alpha value is -2.43. The number of hydrogen-bond donors (Lipinski definition) is 1. The van der Waals surface area contributed by atoms with Gasteiger partial charge in [-0.05, 0) is 25.0 Å². The van der Waals surface area contributed by atoms with E-state index < -0.39 is 0 Å². The third-order valence-corrected chi connectivity index (χ3v) is 3.82. The first kappa shape index (κ1) is 13.5. The molecular weight excluding hydrogens is 266 g/mol. The smallest absolute Gasteiger partial charge is 0.247 e. The van der Waals surface area contributed by atoms with Gasteiger partial charge in [-0.15, -0.1) is 0 Å². The Morgan fingerprint density at radius 1 is 1.33 bits per heavy atom. The van der Waals surface area contributed by atoms with Crippen LogP contribution in [0.2, 0.25) is 0 Å². The van der Waals surface area contributed by atoms with Crippen molar-refractivity contribution in [2.45, 2.75) is 25.8 Å². The molecule has 1 aliphatic heterocycles. The maximum absolute atomic E-state index is 12.3. The van der Waals surface area contributed by atoms with E-state index >= 15 is 0 Å². The van der Waals surface area contributed by atoms with Crippen molar-refractivity contribution in [2.75, 3.05) is 11.9 Å². The highest BCUT2D eigenvalue weighted by Crippen LogP contribution is 2.20. The summed E-state index contributed by atoms with van der Waals surface area (Å²) < 4.78 is 0. The number of amides is 2. The molecule has 0 bridgehead atoms. The summed E-state index contributed by atoms with van der Waals surface area (Å²) in [5.74, 6) is -0.191. The number of hydrogen-bond acceptors (Lipinski definition) is 3. The van der Waals surface area contributed by atoms with Gasteiger partial charge in [-0.3, -0.25) is 14.6 Å². The number of benzene rings is 1. The Bertz CT molecular complexity index is 699. The number of nitrogens with one attached hydrogen (secondary N) is 1. The Morgan fingerprint density at radius 2 is 2.14 bits per heavy atom. The van der Waals surface area contributed by atoms with Crippen LogP contribution in [0.3, 0.4) is 0 Å². The highest BCUT2D eigenvalue weighted by Gasteiger charge is 2.32. The lowest BCUT2D eigenvalue weighted by Gasteiger charge is -2.22. The number of rotatable bonds is 2. The minimum absolute atomic E-state index is 0.0516. The first-order valence-corrected chi connectivity index (χ1v) is 7.08. The zero-order valence-corrected chi connectivity index (χ0v) is 11.9. The van der Waals surface area contributed by atoms with Crippen LogP contribution >= 0.6 is 0 Å². The molecule has 1 atom stereocenters. The lowest BCUT2D eigenvalue weighted by molar-refractivity contribution is -0.134. The molecule has 108 valence electrons. The van der Waals surface area contributed by atoms with Crippen LogP contribution < -0.4 is 5.32 Å². The average Bonchev–Trinajstić information content (AvgIpc) is 2.97. The summed E-state index contributed by atoms with van der Waals surface area (Å²) in [7, 11) is 0.